The predicted octanol–water partition coefficient (Wildman–Crippen LogP) is 4.64. The van der Waals surface area contributed by atoms with Crippen molar-refractivity contribution in [3.05, 3.63) is 36.1 Å². The first kappa shape index (κ1) is 14.4. The summed E-state index contributed by atoms with van der Waals surface area (Å²) >= 11 is 0. The number of fused-ring (bicyclic) bond motifs is 1. The number of para-hydroxylation sites is 1. The summed E-state index contributed by atoms with van der Waals surface area (Å²) in [5.74, 6) is -1.12. The fourth-order valence-electron chi connectivity index (χ4n) is 3.05. The smallest absolute Gasteiger partial charge is 0.391 e. The average molecular weight is 297 g/mol. The molecule has 1 heterocycles. The van der Waals surface area contributed by atoms with Gasteiger partial charge in [-0.25, -0.2) is 0 Å². The van der Waals surface area contributed by atoms with Gasteiger partial charge in [0.15, 0.2) is 0 Å². The van der Waals surface area contributed by atoms with Gasteiger partial charge in [-0.3, -0.25) is 0 Å². The summed E-state index contributed by atoms with van der Waals surface area (Å²) < 4.78 is 43.3. The lowest BCUT2D eigenvalue weighted by Gasteiger charge is -2.30. The molecule has 0 atom stereocenters. The zero-order valence-corrected chi connectivity index (χ0v) is 11.6. The van der Waals surface area contributed by atoms with Gasteiger partial charge in [-0.15, -0.1) is 0 Å². The normalized spacial score (nSPS) is 23.6. The van der Waals surface area contributed by atoms with E-state index in [4.69, 9.17) is 4.42 Å². The van der Waals surface area contributed by atoms with Crippen LogP contribution in [0, 0.1) is 5.92 Å². The van der Waals surface area contributed by atoms with Crippen molar-refractivity contribution in [3.63, 3.8) is 0 Å². The minimum absolute atomic E-state index is 0.164. The van der Waals surface area contributed by atoms with Crippen LogP contribution in [-0.4, -0.2) is 12.2 Å². The highest BCUT2D eigenvalue weighted by Gasteiger charge is 2.41. The molecule has 1 N–H and O–H groups in total. The molecule has 1 aromatic carbocycles. The molecule has 1 aliphatic carbocycles. The lowest BCUT2D eigenvalue weighted by Crippen LogP contribution is -2.36. The first-order chi connectivity index (χ1) is 10.0. The third kappa shape index (κ3) is 3.23. The van der Waals surface area contributed by atoms with Crippen LogP contribution in [0.2, 0.25) is 0 Å². The van der Waals surface area contributed by atoms with E-state index >= 15 is 0 Å². The quantitative estimate of drug-likeness (QED) is 0.892. The molecular formula is C16H18F3NO. The Hall–Kier alpha value is -1.49. The molecule has 21 heavy (non-hydrogen) atoms. The highest BCUT2D eigenvalue weighted by Crippen LogP contribution is 2.37. The number of nitrogens with one attached hydrogen (secondary N) is 1. The molecule has 5 heteroatoms. The van der Waals surface area contributed by atoms with E-state index in [-0.39, 0.29) is 18.9 Å². The molecule has 0 saturated heterocycles. The molecule has 0 radical (unpaired) electrons. The van der Waals surface area contributed by atoms with Gasteiger partial charge in [-0.2, -0.15) is 13.2 Å². The van der Waals surface area contributed by atoms with Gasteiger partial charge in [-0.05, 0) is 31.7 Å². The Labute approximate surface area is 121 Å². The Morgan fingerprint density at radius 2 is 1.81 bits per heavy atom. The van der Waals surface area contributed by atoms with Crippen molar-refractivity contribution in [1.82, 2.24) is 5.32 Å². The van der Waals surface area contributed by atoms with Crippen LogP contribution in [0.5, 0.6) is 0 Å². The van der Waals surface area contributed by atoms with E-state index in [1.165, 1.54) is 0 Å². The van der Waals surface area contributed by atoms with Crippen molar-refractivity contribution < 1.29 is 17.6 Å². The van der Waals surface area contributed by atoms with Crippen molar-refractivity contribution in [2.75, 3.05) is 0 Å². The van der Waals surface area contributed by atoms with Crippen molar-refractivity contribution in [3.8, 4) is 0 Å². The monoisotopic (exact) mass is 297 g/mol. The first-order valence-electron chi connectivity index (χ1n) is 7.29. The topological polar surface area (TPSA) is 25.2 Å². The van der Waals surface area contributed by atoms with E-state index in [2.05, 4.69) is 5.32 Å². The van der Waals surface area contributed by atoms with Gasteiger partial charge in [0.2, 0.25) is 0 Å². The summed E-state index contributed by atoms with van der Waals surface area (Å²) in [5, 5.41) is 4.42. The molecule has 1 fully saturated rings. The molecule has 0 amide bonds. The number of halogens is 3. The van der Waals surface area contributed by atoms with Crippen molar-refractivity contribution in [2.24, 2.45) is 5.92 Å². The number of benzene rings is 1. The van der Waals surface area contributed by atoms with Crippen LogP contribution in [0.4, 0.5) is 13.2 Å². The van der Waals surface area contributed by atoms with Crippen molar-refractivity contribution in [2.45, 2.75) is 44.4 Å². The summed E-state index contributed by atoms with van der Waals surface area (Å²) in [6.45, 7) is 0.637. The molecule has 0 aliphatic heterocycles. The Bertz CT molecular complexity index is 597. The molecular weight excluding hydrogens is 279 g/mol. The number of alkyl halides is 3. The predicted molar refractivity (Wildman–Crippen MR) is 74.9 cm³/mol. The Morgan fingerprint density at radius 3 is 2.52 bits per heavy atom. The van der Waals surface area contributed by atoms with E-state index in [0.29, 0.717) is 19.4 Å². The van der Waals surface area contributed by atoms with Crippen LogP contribution in [0.1, 0.15) is 31.2 Å². The van der Waals surface area contributed by atoms with Crippen LogP contribution < -0.4 is 5.32 Å². The molecule has 2 nitrogen and oxygen atoms in total. The van der Waals surface area contributed by atoms with E-state index in [0.717, 1.165) is 16.5 Å². The molecule has 1 saturated carbocycles. The van der Waals surface area contributed by atoms with Gasteiger partial charge in [0.1, 0.15) is 5.58 Å². The van der Waals surface area contributed by atoms with Gasteiger partial charge in [0, 0.05) is 23.5 Å². The third-order valence-electron chi connectivity index (χ3n) is 4.33. The number of hydrogen-bond acceptors (Lipinski definition) is 2. The Morgan fingerprint density at radius 1 is 1.10 bits per heavy atom. The van der Waals surface area contributed by atoms with E-state index in [1.807, 2.05) is 24.3 Å². The lowest BCUT2D eigenvalue weighted by molar-refractivity contribution is -0.182. The molecule has 0 bridgehead atoms. The fraction of sp³-hybridized carbons (Fsp3) is 0.500. The minimum Gasteiger partial charge on any atom is -0.464 e. The number of hydrogen-bond donors (Lipinski definition) is 1. The molecule has 2 aromatic rings. The molecule has 1 aliphatic rings. The van der Waals surface area contributed by atoms with Crippen LogP contribution in [0.25, 0.3) is 11.0 Å². The second-order valence-corrected chi connectivity index (χ2v) is 5.73. The maximum atomic E-state index is 12.6. The van der Waals surface area contributed by atoms with Gasteiger partial charge < -0.3 is 9.73 Å². The van der Waals surface area contributed by atoms with Crippen molar-refractivity contribution in [1.29, 1.82) is 0 Å². The maximum Gasteiger partial charge on any atom is 0.391 e. The second-order valence-electron chi connectivity index (χ2n) is 5.73. The first-order valence-corrected chi connectivity index (χ1v) is 7.29. The highest BCUT2D eigenvalue weighted by molar-refractivity contribution is 5.80. The Balaban J connectivity index is 1.55. The van der Waals surface area contributed by atoms with Gasteiger partial charge in [0.05, 0.1) is 12.2 Å². The average Bonchev–Trinajstić information content (AvgIpc) is 2.88. The van der Waals surface area contributed by atoms with Crippen LogP contribution in [0.15, 0.2) is 34.9 Å². The van der Waals surface area contributed by atoms with E-state index < -0.39 is 12.1 Å². The molecule has 0 unspecified atom stereocenters. The van der Waals surface area contributed by atoms with Crippen LogP contribution >= 0.6 is 0 Å². The van der Waals surface area contributed by atoms with E-state index in [1.54, 1.807) is 6.26 Å². The van der Waals surface area contributed by atoms with E-state index in [9.17, 15) is 13.2 Å². The van der Waals surface area contributed by atoms with Gasteiger partial charge in [0.25, 0.3) is 0 Å². The summed E-state index contributed by atoms with van der Waals surface area (Å²) in [4.78, 5) is 0. The summed E-state index contributed by atoms with van der Waals surface area (Å²) in [5.41, 5.74) is 1.90. The Kier molecular flexibility index (Phi) is 3.93. The lowest BCUT2D eigenvalue weighted by atomic mass is 9.85. The highest BCUT2D eigenvalue weighted by atomic mass is 19.4. The number of rotatable bonds is 3. The molecule has 1 aromatic heterocycles. The van der Waals surface area contributed by atoms with Gasteiger partial charge in [-0.1, -0.05) is 18.2 Å². The minimum atomic E-state index is -4.04. The maximum absolute atomic E-state index is 12.6. The summed E-state index contributed by atoms with van der Waals surface area (Å²) in [6, 6.07) is 7.94. The standard InChI is InChI=1S/C16H18F3NO/c17-16(18,19)12-5-7-13(8-6-12)20-9-11-10-21-15-4-2-1-3-14(11)15/h1-4,10,12-13,20H,5-9H2. The van der Waals surface area contributed by atoms with Gasteiger partial charge >= 0.3 is 6.18 Å². The third-order valence-corrected chi connectivity index (χ3v) is 4.33. The summed E-state index contributed by atoms with van der Waals surface area (Å²) in [6.07, 6.45) is -0.689. The SMILES string of the molecule is FC(F)(F)C1CCC(NCc2coc3ccccc23)CC1. The van der Waals surface area contributed by atoms with Crippen LogP contribution in [0.3, 0.4) is 0 Å². The summed E-state index contributed by atoms with van der Waals surface area (Å²) in [7, 11) is 0. The fourth-order valence-corrected chi connectivity index (χ4v) is 3.05. The van der Waals surface area contributed by atoms with Crippen LogP contribution in [-0.2, 0) is 6.54 Å². The second kappa shape index (κ2) is 5.72. The largest absolute Gasteiger partial charge is 0.464 e. The number of furan rings is 1. The zero-order valence-electron chi connectivity index (χ0n) is 11.6. The molecule has 3 rings (SSSR count). The zero-order chi connectivity index (χ0) is 14.9. The van der Waals surface area contributed by atoms with Crippen molar-refractivity contribution >= 4 is 11.0 Å². The molecule has 0 spiro atoms. The molecule has 114 valence electrons.